The molecule has 0 spiro atoms. The zero-order valence-corrected chi connectivity index (χ0v) is 49.5. The number of hydrogen-bond acceptors (Lipinski definition) is 8. The summed E-state index contributed by atoms with van der Waals surface area (Å²) in [5, 5.41) is 0. The molecule has 0 aliphatic carbocycles. The van der Waals surface area contributed by atoms with E-state index in [0.717, 1.165) is 57.8 Å². The molecule has 3 N–H and O–H groups in total. The van der Waals surface area contributed by atoms with E-state index in [2.05, 4.69) is 62.5 Å². The fourth-order valence-corrected chi connectivity index (χ4v) is 10.1. The highest BCUT2D eigenvalue weighted by Crippen LogP contribution is 2.43. The third-order valence-corrected chi connectivity index (χ3v) is 15.0. The molecule has 2 unspecified atom stereocenters. The standard InChI is InChI=1S/C64H120NO8P/c1-3-5-7-9-11-13-15-17-19-20-21-22-23-24-25-26-27-28-29-30-31-32-33-34-35-36-37-38-39-40-41-42-43-45-47-49-51-53-55-57-64(67)73-62(61-72-74(68,69)71-59-58-65)60-70-63(66)56-54-52-50-48-46-44-18-16-14-12-10-8-6-4-2/h5,7,11,13,17,19,21-22,62H,3-4,6,8-10,12,14-16,18,20,23-61,65H2,1-2H3,(H,68,69)/b7-5-,13-11-,19-17-,22-21-. The molecule has 74 heavy (non-hydrogen) atoms. The zero-order valence-electron chi connectivity index (χ0n) is 48.6. The van der Waals surface area contributed by atoms with E-state index in [1.54, 1.807) is 0 Å². The largest absolute Gasteiger partial charge is 0.472 e. The summed E-state index contributed by atoms with van der Waals surface area (Å²) in [5.41, 5.74) is 5.38. The number of carbonyl (C=O) groups excluding carboxylic acids is 2. The fourth-order valence-electron chi connectivity index (χ4n) is 9.34. The highest BCUT2D eigenvalue weighted by atomic mass is 31.2. The van der Waals surface area contributed by atoms with Crippen molar-refractivity contribution < 1.29 is 37.6 Å². The molecule has 0 saturated carbocycles. The lowest BCUT2D eigenvalue weighted by Crippen LogP contribution is -2.29. The average molecular weight is 1060 g/mol. The van der Waals surface area contributed by atoms with Gasteiger partial charge in [0.25, 0.3) is 0 Å². The summed E-state index contributed by atoms with van der Waals surface area (Å²) in [6, 6.07) is 0. The van der Waals surface area contributed by atoms with Crippen LogP contribution >= 0.6 is 7.82 Å². The minimum Gasteiger partial charge on any atom is -0.462 e. The first-order chi connectivity index (χ1) is 36.3. The van der Waals surface area contributed by atoms with Crippen LogP contribution in [-0.4, -0.2) is 49.3 Å². The molecule has 9 nitrogen and oxygen atoms in total. The van der Waals surface area contributed by atoms with Crippen molar-refractivity contribution in [2.75, 3.05) is 26.4 Å². The molecule has 0 aromatic carbocycles. The maximum atomic E-state index is 12.7. The second kappa shape index (κ2) is 60.2. The normalized spacial score (nSPS) is 13.3. The number of allylic oxidation sites excluding steroid dienone is 8. The maximum absolute atomic E-state index is 12.7. The van der Waals surface area contributed by atoms with Crippen LogP contribution in [0.15, 0.2) is 48.6 Å². The van der Waals surface area contributed by atoms with Crippen molar-refractivity contribution in [2.45, 2.75) is 322 Å². The minimum absolute atomic E-state index is 0.0563. The van der Waals surface area contributed by atoms with Gasteiger partial charge in [-0.15, -0.1) is 0 Å². The molecule has 0 amide bonds. The van der Waals surface area contributed by atoms with Gasteiger partial charge in [0, 0.05) is 19.4 Å². The van der Waals surface area contributed by atoms with Gasteiger partial charge in [-0.1, -0.05) is 300 Å². The molecule has 434 valence electrons. The van der Waals surface area contributed by atoms with Gasteiger partial charge in [0.05, 0.1) is 13.2 Å². The van der Waals surface area contributed by atoms with Gasteiger partial charge in [0.1, 0.15) is 6.61 Å². The van der Waals surface area contributed by atoms with Crippen LogP contribution in [0.4, 0.5) is 0 Å². The predicted octanol–water partition coefficient (Wildman–Crippen LogP) is 20.1. The third kappa shape index (κ3) is 59.2. The number of esters is 2. The van der Waals surface area contributed by atoms with Gasteiger partial charge >= 0.3 is 19.8 Å². The van der Waals surface area contributed by atoms with E-state index in [4.69, 9.17) is 24.3 Å². The summed E-state index contributed by atoms with van der Waals surface area (Å²) in [4.78, 5) is 35.1. The molecule has 0 radical (unpaired) electrons. The molecule has 10 heteroatoms. The van der Waals surface area contributed by atoms with Crippen LogP contribution in [0.1, 0.15) is 316 Å². The van der Waals surface area contributed by atoms with Crippen molar-refractivity contribution >= 4 is 19.8 Å². The highest BCUT2D eigenvalue weighted by Gasteiger charge is 2.26. The van der Waals surface area contributed by atoms with E-state index in [9.17, 15) is 19.0 Å². The molecule has 0 saturated heterocycles. The Kier molecular flexibility index (Phi) is 58.6. The lowest BCUT2D eigenvalue weighted by atomic mass is 10.0. The molecule has 0 aliphatic rings. The van der Waals surface area contributed by atoms with E-state index < -0.39 is 26.5 Å². The molecule has 0 aromatic heterocycles. The fraction of sp³-hybridized carbons (Fsp3) is 0.844. The highest BCUT2D eigenvalue weighted by molar-refractivity contribution is 7.47. The monoisotopic (exact) mass is 1060 g/mol. The van der Waals surface area contributed by atoms with Crippen molar-refractivity contribution in [3.05, 3.63) is 48.6 Å². The molecule has 0 aromatic rings. The Morgan fingerprint density at radius 3 is 1.11 bits per heavy atom. The Labute approximate surface area is 457 Å². The van der Waals surface area contributed by atoms with Crippen molar-refractivity contribution in [1.29, 1.82) is 0 Å². The summed E-state index contributed by atoms with van der Waals surface area (Å²) >= 11 is 0. The van der Waals surface area contributed by atoms with Crippen molar-refractivity contribution in [1.82, 2.24) is 0 Å². The van der Waals surface area contributed by atoms with Gasteiger partial charge in [-0.25, -0.2) is 4.57 Å². The number of hydrogen-bond donors (Lipinski definition) is 2. The first-order valence-corrected chi connectivity index (χ1v) is 33.1. The molecule has 0 rings (SSSR count). The third-order valence-electron chi connectivity index (χ3n) is 14.0. The summed E-state index contributed by atoms with van der Waals surface area (Å²) in [6.45, 7) is 3.68. The van der Waals surface area contributed by atoms with Gasteiger partial charge in [-0.2, -0.15) is 0 Å². The Morgan fingerprint density at radius 2 is 0.743 bits per heavy atom. The number of phosphoric ester groups is 1. The number of carbonyl (C=O) groups is 2. The van der Waals surface area contributed by atoms with Crippen LogP contribution in [0, 0.1) is 0 Å². The number of unbranched alkanes of at least 4 members (excludes halogenated alkanes) is 39. The van der Waals surface area contributed by atoms with Crippen molar-refractivity contribution in [2.24, 2.45) is 5.73 Å². The molecule has 0 heterocycles. The quantitative estimate of drug-likeness (QED) is 0.0264. The van der Waals surface area contributed by atoms with E-state index in [1.807, 2.05) is 0 Å². The van der Waals surface area contributed by atoms with Crippen molar-refractivity contribution in [3.63, 3.8) is 0 Å². The first kappa shape index (κ1) is 72.0. The van der Waals surface area contributed by atoms with E-state index in [0.29, 0.717) is 6.42 Å². The second-order valence-corrected chi connectivity index (χ2v) is 22.7. The summed E-state index contributed by atoms with van der Waals surface area (Å²) < 4.78 is 33.0. The van der Waals surface area contributed by atoms with Crippen LogP contribution < -0.4 is 5.73 Å². The van der Waals surface area contributed by atoms with Crippen LogP contribution in [0.3, 0.4) is 0 Å². The number of nitrogens with two attached hydrogens (primary N) is 1. The van der Waals surface area contributed by atoms with Gasteiger partial charge in [-0.3, -0.25) is 18.6 Å². The molecule has 0 bridgehead atoms. The first-order valence-electron chi connectivity index (χ1n) is 31.6. The number of rotatable bonds is 60. The zero-order chi connectivity index (χ0) is 53.8. The SMILES string of the molecule is CC/C=C\C/C=C\C/C=C\C/C=C\CCCCCCCCCCCCCCCCCCCCCCCCCCCCC(=O)OC(COC(=O)CCCCCCCCCCCCCCCC)COP(=O)(O)OCCN. The second-order valence-electron chi connectivity index (χ2n) is 21.3. The van der Waals surface area contributed by atoms with Gasteiger partial charge in [0.15, 0.2) is 6.10 Å². The van der Waals surface area contributed by atoms with E-state index >= 15 is 0 Å². The summed E-state index contributed by atoms with van der Waals surface area (Å²) in [7, 11) is -4.38. The Balaban J connectivity index is 3.74. The van der Waals surface area contributed by atoms with E-state index in [-0.39, 0.29) is 38.6 Å². The maximum Gasteiger partial charge on any atom is 0.472 e. The molecule has 0 aliphatic heterocycles. The van der Waals surface area contributed by atoms with Crippen LogP contribution in [0.2, 0.25) is 0 Å². The molecule has 2 atom stereocenters. The number of phosphoric acid groups is 1. The Morgan fingerprint density at radius 1 is 0.419 bits per heavy atom. The topological polar surface area (TPSA) is 134 Å². The minimum atomic E-state index is -4.38. The van der Waals surface area contributed by atoms with Gasteiger partial charge in [-0.05, 0) is 51.4 Å². The molecule has 0 fully saturated rings. The van der Waals surface area contributed by atoms with Gasteiger partial charge < -0.3 is 20.1 Å². The Bertz CT molecular complexity index is 1350. The summed E-state index contributed by atoms with van der Waals surface area (Å²) in [5.74, 6) is -0.809. The lowest BCUT2D eigenvalue weighted by Gasteiger charge is -2.19. The van der Waals surface area contributed by atoms with Crippen LogP contribution in [-0.2, 0) is 32.7 Å². The smallest absolute Gasteiger partial charge is 0.462 e. The lowest BCUT2D eigenvalue weighted by molar-refractivity contribution is -0.161. The van der Waals surface area contributed by atoms with Crippen molar-refractivity contribution in [3.8, 4) is 0 Å². The summed E-state index contributed by atoms with van der Waals surface area (Å²) in [6.07, 6.45) is 74.9. The van der Waals surface area contributed by atoms with Crippen LogP contribution in [0.5, 0.6) is 0 Å². The van der Waals surface area contributed by atoms with E-state index in [1.165, 1.54) is 225 Å². The predicted molar refractivity (Wildman–Crippen MR) is 317 cm³/mol. The molecular formula is C64H120NO8P. The molecular weight excluding hydrogens is 942 g/mol. The van der Waals surface area contributed by atoms with Crippen LogP contribution in [0.25, 0.3) is 0 Å². The number of ether oxygens (including phenoxy) is 2. The van der Waals surface area contributed by atoms with Gasteiger partial charge in [0.2, 0.25) is 0 Å². The Hall–Kier alpha value is -2.03. The average Bonchev–Trinajstić information content (AvgIpc) is 3.39.